The molecular weight excluding hydrogens is 1120 g/mol. The van der Waals surface area contributed by atoms with Gasteiger partial charge in [0, 0.05) is 5.41 Å². The predicted octanol–water partition coefficient (Wildman–Crippen LogP) is -2.54. The van der Waals surface area contributed by atoms with Gasteiger partial charge in [0.25, 0.3) is 0 Å². The molecule has 0 amide bonds. The maximum Gasteiger partial charge on any atom is 0.315 e. The SMILES string of the molecule is C[C@@H]1O[C@H](O[C@@H]2[C@@H](O)[C@H](O[C@H]3[C@@H](O)[C@H](O[C@H]4[C@H](O[C@@H]5CC[C@]6(C)[C@H](CC[C@]7(C)[C@@H]6CC=C6[C@H]8CC(C)(C)CC[C@]8(C(=O)O[C@@H]8O[C@H](CO)[C@@H](O)[C@H](O)[C@H]8O)CC[C@]67C)[C@]5(C)CO)OC[C@H](O)[C@@H]4O)O[C@@H](C)[C@H]3O)O[C@H](CO)[C@H]2O)[C@H](O)[C@H](O)[C@H]1O. The van der Waals surface area contributed by atoms with Crippen LogP contribution in [0.5, 0.6) is 0 Å². The Hall–Kier alpha value is -1.75. The molecule has 5 aliphatic heterocycles. The minimum atomic E-state index is -1.97. The molecule has 0 unspecified atom stereocenters. The summed E-state index contributed by atoms with van der Waals surface area (Å²) in [6, 6.07) is 0. The average molecular weight is 1220 g/mol. The van der Waals surface area contributed by atoms with Crippen molar-refractivity contribution in [3.05, 3.63) is 11.6 Å². The van der Waals surface area contributed by atoms with Gasteiger partial charge < -0.3 is 124 Å². The number of carbonyl (C=O) groups is 1. The van der Waals surface area contributed by atoms with Crippen LogP contribution < -0.4 is 0 Å². The third kappa shape index (κ3) is 11.0. The van der Waals surface area contributed by atoms with Crippen LogP contribution in [-0.4, -0.2) is 263 Å². The van der Waals surface area contributed by atoms with Crippen LogP contribution in [0.2, 0.25) is 0 Å². The van der Waals surface area contributed by atoms with Crippen LogP contribution in [0.4, 0.5) is 0 Å². The van der Waals surface area contributed by atoms with E-state index in [4.69, 9.17) is 47.4 Å². The van der Waals surface area contributed by atoms with Gasteiger partial charge in [-0.2, -0.15) is 0 Å². The molecule has 0 spiro atoms. The molecule has 26 heteroatoms. The van der Waals surface area contributed by atoms with Gasteiger partial charge in [0.15, 0.2) is 25.2 Å². The van der Waals surface area contributed by atoms with Gasteiger partial charge in [-0.25, -0.2) is 0 Å². The number of aliphatic hydroxyl groups excluding tert-OH is 15. The lowest BCUT2D eigenvalue weighted by Gasteiger charge is -2.71. The lowest BCUT2D eigenvalue weighted by atomic mass is 9.33. The van der Waals surface area contributed by atoms with Crippen molar-refractivity contribution in [3.8, 4) is 0 Å². The van der Waals surface area contributed by atoms with Crippen LogP contribution in [0.15, 0.2) is 11.6 Å². The van der Waals surface area contributed by atoms with Gasteiger partial charge in [0.1, 0.15) is 104 Å². The fourth-order valence-electron chi connectivity index (χ4n) is 17.6. The average Bonchev–Trinajstić information content (AvgIpc) is 1.24. The van der Waals surface area contributed by atoms with Crippen molar-refractivity contribution in [3.63, 3.8) is 0 Å². The molecule has 0 radical (unpaired) electrons. The van der Waals surface area contributed by atoms with Crippen LogP contribution in [0.3, 0.4) is 0 Å². The summed E-state index contributed by atoms with van der Waals surface area (Å²) in [5.41, 5.74) is -1.76. The fourth-order valence-corrected chi connectivity index (χ4v) is 17.6. The third-order valence-electron chi connectivity index (χ3n) is 23.2. The number of allylic oxidation sites excluding steroid dienone is 2. The highest BCUT2D eigenvalue weighted by molar-refractivity contribution is 5.79. The zero-order chi connectivity index (χ0) is 62.0. The van der Waals surface area contributed by atoms with Gasteiger partial charge in [0.05, 0.1) is 50.2 Å². The number of ether oxygens (including phenoxy) is 10. The normalized spacial score (nSPS) is 55.3. The highest BCUT2D eigenvalue weighted by Gasteiger charge is 2.71. The first-order chi connectivity index (χ1) is 39.9. The molecule has 5 saturated heterocycles. The van der Waals surface area contributed by atoms with E-state index < -0.39 is 184 Å². The summed E-state index contributed by atoms with van der Waals surface area (Å²) in [5.74, 6) is -0.740. The van der Waals surface area contributed by atoms with E-state index in [-0.39, 0.29) is 52.6 Å². The van der Waals surface area contributed by atoms with E-state index >= 15 is 0 Å². The molecule has 5 aliphatic carbocycles. The Bertz CT molecular complexity index is 2370. The lowest BCUT2D eigenvalue weighted by molar-refractivity contribution is -0.391. The monoisotopic (exact) mass is 1220 g/mol. The molecule has 0 aromatic heterocycles. The van der Waals surface area contributed by atoms with Gasteiger partial charge in [0.2, 0.25) is 6.29 Å². The van der Waals surface area contributed by atoms with E-state index in [1.807, 2.05) is 6.92 Å². The summed E-state index contributed by atoms with van der Waals surface area (Å²) in [6.45, 7) is 14.1. The van der Waals surface area contributed by atoms with Crippen molar-refractivity contribution < 1.29 is 129 Å². The second-order valence-electron chi connectivity index (χ2n) is 28.4. The van der Waals surface area contributed by atoms with Crippen molar-refractivity contribution in [2.45, 2.75) is 273 Å². The molecule has 9 fully saturated rings. The van der Waals surface area contributed by atoms with Gasteiger partial charge in [-0.1, -0.05) is 53.2 Å². The van der Waals surface area contributed by atoms with Crippen molar-refractivity contribution >= 4 is 5.97 Å². The molecule has 0 bridgehead atoms. The van der Waals surface area contributed by atoms with Crippen molar-refractivity contribution in [2.24, 2.45) is 50.2 Å². The second kappa shape index (κ2) is 24.4. The highest BCUT2D eigenvalue weighted by Crippen LogP contribution is 2.76. The molecule has 15 N–H and O–H groups in total. The zero-order valence-corrected chi connectivity index (χ0v) is 49.8. The van der Waals surface area contributed by atoms with Crippen LogP contribution in [0, 0.1) is 50.2 Å². The number of hydrogen-bond donors (Lipinski definition) is 15. The van der Waals surface area contributed by atoms with Gasteiger partial charge in [-0.15, -0.1) is 0 Å². The molecule has 10 rings (SSSR count). The minimum absolute atomic E-state index is 0.107. The second-order valence-corrected chi connectivity index (χ2v) is 28.4. The predicted molar refractivity (Wildman–Crippen MR) is 288 cm³/mol. The molecule has 5 heterocycles. The quantitative estimate of drug-likeness (QED) is 0.0513. The van der Waals surface area contributed by atoms with E-state index in [9.17, 15) is 81.4 Å². The summed E-state index contributed by atoms with van der Waals surface area (Å²) in [4.78, 5) is 14.8. The maximum atomic E-state index is 14.8. The maximum absolute atomic E-state index is 14.8. The summed E-state index contributed by atoms with van der Waals surface area (Å²) < 4.78 is 59.9. The molecule has 4 saturated carbocycles. The van der Waals surface area contributed by atoms with E-state index in [1.54, 1.807) is 0 Å². The largest absolute Gasteiger partial charge is 0.432 e. The number of aliphatic hydroxyl groups is 15. The van der Waals surface area contributed by atoms with E-state index in [0.717, 1.165) is 12.8 Å². The third-order valence-corrected chi connectivity index (χ3v) is 23.2. The number of fused-ring (bicyclic) bond motifs is 7. The molecule has 33 atom stereocenters. The molecule has 85 heavy (non-hydrogen) atoms. The van der Waals surface area contributed by atoms with Crippen molar-refractivity contribution in [2.75, 3.05) is 26.4 Å². The molecule has 0 aromatic rings. The van der Waals surface area contributed by atoms with Gasteiger partial charge >= 0.3 is 5.97 Å². The fraction of sp³-hybridized carbons (Fsp3) is 0.949. The van der Waals surface area contributed by atoms with E-state index in [0.29, 0.717) is 51.4 Å². The summed E-state index contributed by atoms with van der Waals surface area (Å²) in [5, 5.41) is 164. The molecule has 0 aromatic carbocycles. The minimum Gasteiger partial charge on any atom is -0.432 e. The Morgan fingerprint density at radius 3 is 1.74 bits per heavy atom. The number of rotatable bonds is 13. The van der Waals surface area contributed by atoms with E-state index in [2.05, 4.69) is 40.7 Å². The standard InChI is InChI=1S/C59H96O26/c1-24-34(64)39(69)41(71)48(77-24)83-46-38(68)30(21-61)80-51(44(46)74)82-45-35(65)25(2)78-50(43(45)73)84-47-36(66)28(63)22-76-52(47)81-33-12-13-55(5)31(56(33,6)23-62)11-14-58(8)32(55)10-9-26-27-19-54(3,4)15-17-59(27,18-16-57(26,58)7)53(75)85-49-42(72)40(70)37(67)29(20-60)79-49/h9,24-25,27-52,60-74H,10-23H2,1-8H3/t24-,25-,27+,28-,29+,30+,31-,32+,33+,34-,35+,36-,37+,38+,39+,40-,41+,42+,43+,44+,45+,46-,47+,48+,49-,50-,51-,52-,55+,56-,57+,58+,59-/m0/s1. The highest BCUT2D eigenvalue weighted by atomic mass is 16.8. The molecule has 10 aliphatic rings. The van der Waals surface area contributed by atoms with Gasteiger partial charge in [-0.3, -0.25) is 4.79 Å². The number of esters is 1. The zero-order valence-electron chi connectivity index (χ0n) is 49.8. The van der Waals surface area contributed by atoms with Crippen molar-refractivity contribution in [1.29, 1.82) is 0 Å². The van der Waals surface area contributed by atoms with Crippen molar-refractivity contribution in [1.82, 2.24) is 0 Å². The Balaban J connectivity index is 0.852. The number of hydrogen-bond acceptors (Lipinski definition) is 26. The van der Waals surface area contributed by atoms with E-state index in [1.165, 1.54) is 19.4 Å². The van der Waals surface area contributed by atoms with Crippen LogP contribution >= 0.6 is 0 Å². The summed E-state index contributed by atoms with van der Waals surface area (Å²) in [6.07, 6.45) is -30.8. The molecule has 26 nitrogen and oxygen atoms in total. The Morgan fingerprint density at radius 2 is 1.09 bits per heavy atom. The Morgan fingerprint density at radius 1 is 0.541 bits per heavy atom. The summed E-state index contributed by atoms with van der Waals surface area (Å²) in [7, 11) is 0. The summed E-state index contributed by atoms with van der Waals surface area (Å²) >= 11 is 0. The lowest BCUT2D eigenvalue weighted by Crippen LogP contribution is -2.67. The smallest absolute Gasteiger partial charge is 0.315 e. The first-order valence-corrected chi connectivity index (χ1v) is 30.6. The van der Waals surface area contributed by atoms with Crippen LogP contribution in [-0.2, 0) is 52.2 Å². The molecule has 488 valence electrons. The Labute approximate surface area is 494 Å². The van der Waals surface area contributed by atoms with Gasteiger partial charge in [-0.05, 0) is 117 Å². The Kier molecular flexibility index (Phi) is 19.0. The van der Waals surface area contributed by atoms with Crippen LogP contribution in [0.25, 0.3) is 0 Å². The van der Waals surface area contributed by atoms with Crippen LogP contribution in [0.1, 0.15) is 120 Å². The topological polar surface area (TPSA) is 413 Å². The first-order valence-electron chi connectivity index (χ1n) is 30.6. The number of carbonyl (C=O) groups excluding carboxylic acids is 1. The first kappa shape index (κ1) is 66.2. The molecular formula is C59H96O26.